The lowest BCUT2D eigenvalue weighted by atomic mass is 10.2. The first-order chi connectivity index (χ1) is 8.15. The quantitative estimate of drug-likeness (QED) is 0.809. The Bertz CT molecular complexity index is 631. The Morgan fingerprint density at radius 3 is 2.88 bits per heavy atom. The van der Waals surface area contributed by atoms with Crippen LogP contribution in [0.3, 0.4) is 0 Å². The molecule has 1 N–H and O–H groups in total. The summed E-state index contributed by atoms with van der Waals surface area (Å²) in [5.74, 6) is 0.0768. The van der Waals surface area contributed by atoms with Gasteiger partial charge in [-0.05, 0) is 26.0 Å². The maximum atomic E-state index is 12.1. The summed E-state index contributed by atoms with van der Waals surface area (Å²) in [5.41, 5.74) is 0.299. The van der Waals surface area contributed by atoms with Gasteiger partial charge in [-0.1, -0.05) is 6.07 Å². The van der Waals surface area contributed by atoms with Gasteiger partial charge in [0.05, 0.1) is 0 Å². The van der Waals surface area contributed by atoms with E-state index in [4.69, 9.17) is 0 Å². The predicted molar refractivity (Wildman–Crippen MR) is 65.6 cm³/mol. The third kappa shape index (κ3) is 1.91. The van der Waals surface area contributed by atoms with Gasteiger partial charge in [0.25, 0.3) is 5.56 Å². The van der Waals surface area contributed by atoms with Gasteiger partial charge in [0.1, 0.15) is 17.0 Å². The van der Waals surface area contributed by atoms with Crippen LogP contribution in [0.15, 0.2) is 29.2 Å². The number of fused-ring (bicyclic) bond motifs is 1. The Kier molecular flexibility index (Phi) is 2.91. The lowest BCUT2D eigenvalue weighted by Gasteiger charge is -2.09. The lowest BCUT2D eigenvalue weighted by molar-refractivity contribution is 0.101. The van der Waals surface area contributed by atoms with Crippen molar-refractivity contribution in [2.45, 2.75) is 13.8 Å². The van der Waals surface area contributed by atoms with Crippen LogP contribution in [0.2, 0.25) is 0 Å². The fourth-order valence-corrected chi connectivity index (χ4v) is 1.70. The average molecular weight is 231 g/mol. The number of pyridine rings is 1. The number of aromatic nitrogens is 2. The zero-order valence-corrected chi connectivity index (χ0v) is 9.73. The summed E-state index contributed by atoms with van der Waals surface area (Å²) < 4.78 is 1.37. The molecule has 0 aliphatic carbocycles. The van der Waals surface area contributed by atoms with Gasteiger partial charge >= 0.3 is 0 Å². The van der Waals surface area contributed by atoms with Crippen LogP contribution in [0.5, 0.6) is 0 Å². The van der Waals surface area contributed by atoms with Crippen LogP contribution in [0.1, 0.15) is 24.2 Å². The zero-order valence-electron chi connectivity index (χ0n) is 9.73. The molecule has 2 rings (SSSR count). The Morgan fingerprint density at radius 2 is 2.24 bits per heavy atom. The fraction of sp³-hybridized carbons (Fsp3) is 0.250. The molecule has 0 aliphatic heterocycles. The molecule has 0 atom stereocenters. The third-order valence-corrected chi connectivity index (χ3v) is 2.43. The van der Waals surface area contributed by atoms with E-state index in [0.29, 0.717) is 18.0 Å². The summed E-state index contributed by atoms with van der Waals surface area (Å²) >= 11 is 0. The van der Waals surface area contributed by atoms with Crippen molar-refractivity contribution >= 4 is 17.2 Å². The van der Waals surface area contributed by atoms with Gasteiger partial charge in [-0.3, -0.25) is 14.0 Å². The van der Waals surface area contributed by atoms with E-state index < -0.39 is 0 Å². The summed E-state index contributed by atoms with van der Waals surface area (Å²) in [4.78, 5) is 27.9. The first-order valence-corrected chi connectivity index (χ1v) is 5.41. The number of carbonyl (C=O) groups is 1. The van der Waals surface area contributed by atoms with Crippen molar-refractivity contribution in [3.05, 3.63) is 40.3 Å². The van der Waals surface area contributed by atoms with Gasteiger partial charge in [-0.25, -0.2) is 4.98 Å². The van der Waals surface area contributed by atoms with Crippen LogP contribution in [0.4, 0.5) is 5.82 Å². The van der Waals surface area contributed by atoms with Gasteiger partial charge in [-0.15, -0.1) is 0 Å². The number of carbonyl (C=O) groups excluding carboxylic acids is 1. The molecule has 2 aromatic heterocycles. The Labute approximate surface area is 98.1 Å². The lowest BCUT2D eigenvalue weighted by Crippen LogP contribution is -2.24. The molecule has 0 fully saturated rings. The normalized spacial score (nSPS) is 10.5. The third-order valence-electron chi connectivity index (χ3n) is 2.43. The molecule has 0 saturated heterocycles. The Morgan fingerprint density at radius 1 is 1.47 bits per heavy atom. The van der Waals surface area contributed by atoms with Crippen LogP contribution in [0, 0.1) is 0 Å². The van der Waals surface area contributed by atoms with E-state index in [0.717, 1.165) is 0 Å². The average Bonchev–Trinajstić information content (AvgIpc) is 2.29. The Balaban J connectivity index is 2.84. The smallest absolute Gasteiger partial charge is 0.270 e. The second-order valence-corrected chi connectivity index (χ2v) is 3.66. The van der Waals surface area contributed by atoms with Gasteiger partial charge in [0, 0.05) is 12.7 Å². The molecule has 2 heterocycles. The monoisotopic (exact) mass is 231 g/mol. The van der Waals surface area contributed by atoms with Crippen molar-refractivity contribution in [1.82, 2.24) is 9.38 Å². The van der Waals surface area contributed by atoms with E-state index in [1.54, 1.807) is 24.4 Å². The van der Waals surface area contributed by atoms with Crippen molar-refractivity contribution in [3.63, 3.8) is 0 Å². The second kappa shape index (κ2) is 4.37. The van der Waals surface area contributed by atoms with Crippen LogP contribution < -0.4 is 10.9 Å². The molecule has 5 nitrogen and oxygen atoms in total. The highest BCUT2D eigenvalue weighted by Crippen LogP contribution is 2.10. The summed E-state index contributed by atoms with van der Waals surface area (Å²) in [6.45, 7) is 3.86. The molecular formula is C12H13N3O2. The van der Waals surface area contributed by atoms with Crippen molar-refractivity contribution in [1.29, 1.82) is 0 Å². The number of anilines is 1. The summed E-state index contributed by atoms with van der Waals surface area (Å²) in [6, 6.07) is 5.25. The van der Waals surface area contributed by atoms with E-state index in [2.05, 4.69) is 10.3 Å². The number of hydrogen-bond acceptors (Lipinski definition) is 4. The molecule has 0 bridgehead atoms. The summed E-state index contributed by atoms with van der Waals surface area (Å²) in [7, 11) is 0. The number of nitrogens with zero attached hydrogens (tertiary/aromatic N) is 2. The highest BCUT2D eigenvalue weighted by molar-refractivity contribution is 5.98. The molecule has 0 amide bonds. The minimum atomic E-state index is -0.334. The molecule has 88 valence electrons. The standard InChI is InChI=1S/C12H13N3O2/c1-3-13-11-10(8(2)16)12(17)15-7-5-4-6-9(15)14-11/h4-7,13H,3H2,1-2H3. The summed E-state index contributed by atoms with van der Waals surface area (Å²) in [5, 5.41) is 2.95. The second-order valence-electron chi connectivity index (χ2n) is 3.66. The van der Waals surface area contributed by atoms with Crippen molar-refractivity contribution < 1.29 is 4.79 Å². The summed E-state index contributed by atoms with van der Waals surface area (Å²) in [6.07, 6.45) is 1.60. The number of nitrogens with one attached hydrogen (secondary N) is 1. The maximum Gasteiger partial charge on any atom is 0.270 e. The van der Waals surface area contributed by atoms with Gasteiger partial charge in [0.15, 0.2) is 5.78 Å². The van der Waals surface area contributed by atoms with Crippen LogP contribution in [-0.4, -0.2) is 21.7 Å². The Hall–Kier alpha value is -2.17. The fourth-order valence-electron chi connectivity index (χ4n) is 1.70. The molecule has 0 spiro atoms. The molecule has 17 heavy (non-hydrogen) atoms. The molecule has 0 radical (unpaired) electrons. The van der Waals surface area contributed by atoms with Crippen LogP contribution in [-0.2, 0) is 0 Å². The molecule has 5 heteroatoms. The number of Topliss-reactive ketones (excluding diaryl/α,β-unsaturated/α-hetero) is 1. The van der Waals surface area contributed by atoms with Crippen molar-refractivity contribution in [2.24, 2.45) is 0 Å². The first-order valence-electron chi connectivity index (χ1n) is 5.41. The number of hydrogen-bond donors (Lipinski definition) is 1. The van der Waals surface area contributed by atoms with E-state index in [1.165, 1.54) is 11.3 Å². The molecule has 0 saturated carbocycles. The first kappa shape index (κ1) is 11.3. The van der Waals surface area contributed by atoms with Crippen LogP contribution >= 0.6 is 0 Å². The van der Waals surface area contributed by atoms with Crippen molar-refractivity contribution in [2.75, 3.05) is 11.9 Å². The number of rotatable bonds is 3. The SMILES string of the molecule is CCNc1nc2ccccn2c(=O)c1C(C)=O. The van der Waals surface area contributed by atoms with Gasteiger partial charge in [-0.2, -0.15) is 0 Å². The molecule has 0 unspecified atom stereocenters. The highest BCUT2D eigenvalue weighted by atomic mass is 16.1. The molecule has 2 aromatic rings. The van der Waals surface area contributed by atoms with E-state index >= 15 is 0 Å². The minimum Gasteiger partial charge on any atom is -0.370 e. The minimum absolute atomic E-state index is 0.107. The van der Waals surface area contributed by atoms with Gasteiger partial charge < -0.3 is 5.32 Å². The van der Waals surface area contributed by atoms with Crippen LogP contribution in [0.25, 0.3) is 5.65 Å². The highest BCUT2D eigenvalue weighted by Gasteiger charge is 2.15. The van der Waals surface area contributed by atoms with E-state index in [9.17, 15) is 9.59 Å². The van der Waals surface area contributed by atoms with Crippen molar-refractivity contribution in [3.8, 4) is 0 Å². The maximum absolute atomic E-state index is 12.1. The largest absolute Gasteiger partial charge is 0.370 e. The van der Waals surface area contributed by atoms with E-state index in [-0.39, 0.29) is 16.9 Å². The molecule has 0 aliphatic rings. The number of ketones is 1. The van der Waals surface area contributed by atoms with E-state index in [1.807, 2.05) is 6.92 Å². The van der Waals surface area contributed by atoms with Gasteiger partial charge in [0.2, 0.25) is 0 Å². The molecular weight excluding hydrogens is 218 g/mol. The predicted octanol–water partition coefficient (Wildman–Crippen LogP) is 1.33. The zero-order chi connectivity index (χ0) is 12.4. The topological polar surface area (TPSA) is 63.5 Å². The molecule has 0 aromatic carbocycles.